The van der Waals surface area contributed by atoms with Crippen LogP contribution in [0.1, 0.15) is 18.4 Å². The van der Waals surface area contributed by atoms with E-state index in [9.17, 15) is 13.4 Å². The predicted molar refractivity (Wildman–Crippen MR) is 161 cm³/mol. The summed E-state index contributed by atoms with van der Waals surface area (Å²) < 4.78 is 28.8. The quantitative estimate of drug-likeness (QED) is 0.299. The Morgan fingerprint density at radius 1 is 1.02 bits per heavy atom. The Bertz CT molecular complexity index is 1510. The molecule has 4 aromatic rings. The lowest BCUT2D eigenvalue weighted by atomic mass is 9.75. The summed E-state index contributed by atoms with van der Waals surface area (Å²) in [5.41, 5.74) is 1.76. The molecule has 0 aliphatic carbocycles. The second-order valence-electron chi connectivity index (χ2n) is 10.3. The molecule has 0 spiro atoms. The monoisotopic (exact) mass is 591 g/mol. The predicted octanol–water partition coefficient (Wildman–Crippen LogP) is 4.11. The fraction of sp³-hybridized carbons (Fsp3) is 0.267. The number of piperidine rings is 1. The highest BCUT2D eigenvalue weighted by Gasteiger charge is 2.44. The van der Waals surface area contributed by atoms with Gasteiger partial charge in [0.1, 0.15) is 22.6 Å². The average Bonchev–Trinajstić information content (AvgIpc) is 2.99. The summed E-state index contributed by atoms with van der Waals surface area (Å²) in [6.07, 6.45) is 7.18. The molecule has 2 atom stereocenters. The number of halogens is 1. The zero-order chi connectivity index (χ0) is 28.8. The number of benzene rings is 2. The van der Waals surface area contributed by atoms with Crippen molar-refractivity contribution in [2.75, 3.05) is 37.8 Å². The van der Waals surface area contributed by atoms with E-state index in [2.05, 4.69) is 25.6 Å². The zero-order valence-corrected chi connectivity index (χ0v) is 24.3. The van der Waals surface area contributed by atoms with Gasteiger partial charge in [0.2, 0.25) is 11.9 Å². The van der Waals surface area contributed by atoms with Gasteiger partial charge in [-0.25, -0.2) is 17.9 Å². The van der Waals surface area contributed by atoms with Crippen LogP contribution in [0.5, 0.6) is 0 Å². The van der Waals surface area contributed by atoms with Crippen LogP contribution in [0.3, 0.4) is 0 Å². The van der Waals surface area contributed by atoms with Crippen LogP contribution in [-0.4, -0.2) is 66.9 Å². The van der Waals surface area contributed by atoms with E-state index in [1.54, 1.807) is 55.8 Å². The Balaban J connectivity index is 0.00000405. The molecule has 0 saturated carbocycles. The normalized spacial score (nSPS) is 17.5. The van der Waals surface area contributed by atoms with Gasteiger partial charge in [-0.1, -0.05) is 6.07 Å². The van der Waals surface area contributed by atoms with Crippen molar-refractivity contribution in [3.8, 4) is 0 Å². The molecule has 1 amide bonds. The molecule has 0 bridgehead atoms. The molecule has 2 unspecified atom stereocenters. The molecule has 10 nitrogen and oxygen atoms in total. The second kappa shape index (κ2) is 13.6. The number of carbonyl (C=O) groups is 1. The Morgan fingerprint density at radius 3 is 2.43 bits per heavy atom. The number of pyridine rings is 1. The highest BCUT2D eigenvalue weighted by Crippen LogP contribution is 2.37. The van der Waals surface area contributed by atoms with Gasteiger partial charge >= 0.3 is 0 Å². The minimum Gasteiger partial charge on any atom is -0.412 e. The van der Waals surface area contributed by atoms with Gasteiger partial charge in [-0.15, -0.1) is 0 Å². The second-order valence-corrected chi connectivity index (χ2v) is 11.8. The first-order chi connectivity index (χ1) is 19.8. The summed E-state index contributed by atoms with van der Waals surface area (Å²) in [6, 6.07) is 18.9. The lowest BCUT2D eigenvalue weighted by molar-refractivity contribution is -0.141. The lowest BCUT2D eigenvalue weighted by Gasteiger charge is -2.42. The third-order valence-corrected chi connectivity index (χ3v) is 8.44. The Kier molecular flexibility index (Phi) is 9.94. The van der Waals surface area contributed by atoms with Crippen LogP contribution < -0.4 is 10.6 Å². The van der Waals surface area contributed by atoms with Gasteiger partial charge in [0.15, 0.2) is 0 Å². The number of carbonyl (C=O) groups excluding carboxylic acids is 1. The molecular formula is C30H34FN7O3S. The van der Waals surface area contributed by atoms with Crippen molar-refractivity contribution >= 4 is 40.0 Å². The first-order valence-electron chi connectivity index (χ1n) is 13.3. The van der Waals surface area contributed by atoms with E-state index >= 15 is 0 Å². The molecule has 4 N–H and O–H groups in total. The molecule has 1 fully saturated rings. The number of amides is 1. The third-order valence-electron chi connectivity index (χ3n) is 6.99. The van der Waals surface area contributed by atoms with Gasteiger partial charge in [-0.3, -0.25) is 9.78 Å². The van der Waals surface area contributed by atoms with Crippen molar-refractivity contribution in [1.29, 1.82) is 0 Å². The van der Waals surface area contributed by atoms with Gasteiger partial charge < -0.3 is 21.0 Å². The number of aromatic nitrogens is 3. The minimum absolute atomic E-state index is 0. The van der Waals surface area contributed by atoms with Gasteiger partial charge in [-0.05, 0) is 85.5 Å². The summed E-state index contributed by atoms with van der Waals surface area (Å²) in [5.74, 6) is 0.665. The van der Waals surface area contributed by atoms with Crippen molar-refractivity contribution < 1.29 is 18.9 Å². The molecule has 42 heavy (non-hydrogen) atoms. The highest BCUT2D eigenvalue weighted by molar-refractivity contribution is 7.82. The molecule has 5 rings (SSSR count). The van der Waals surface area contributed by atoms with E-state index in [1.165, 1.54) is 12.1 Å². The molecule has 1 saturated heterocycles. The third kappa shape index (κ3) is 7.32. The molecule has 2 aromatic carbocycles. The fourth-order valence-electron chi connectivity index (χ4n) is 5.10. The first kappa shape index (κ1) is 30.7. The summed E-state index contributed by atoms with van der Waals surface area (Å²) in [6.45, 7) is 1.04. The number of rotatable bonds is 9. The molecule has 0 radical (unpaired) electrons. The van der Waals surface area contributed by atoms with Crippen LogP contribution in [0.4, 0.5) is 27.5 Å². The maximum absolute atomic E-state index is 13.7. The molecular weight excluding hydrogens is 557 g/mol. The summed E-state index contributed by atoms with van der Waals surface area (Å²) in [5, 5.41) is 6.28. The van der Waals surface area contributed by atoms with Gasteiger partial charge in [0.05, 0.1) is 10.3 Å². The van der Waals surface area contributed by atoms with Crippen molar-refractivity contribution in [1.82, 2.24) is 24.2 Å². The topological polar surface area (TPSA) is 135 Å². The van der Waals surface area contributed by atoms with E-state index in [4.69, 9.17) is 0 Å². The average molecular weight is 592 g/mol. The number of nitrogens with one attached hydrogen (secondary N) is 2. The lowest BCUT2D eigenvalue weighted by Crippen LogP contribution is -2.53. The van der Waals surface area contributed by atoms with Crippen LogP contribution in [0.15, 0.2) is 90.2 Å². The summed E-state index contributed by atoms with van der Waals surface area (Å²) in [7, 11) is 2.11. The molecule has 1 aliphatic heterocycles. The Labute approximate surface area is 246 Å². The summed E-state index contributed by atoms with van der Waals surface area (Å²) >= 11 is 0. The van der Waals surface area contributed by atoms with Gasteiger partial charge in [0, 0.05) is 57.2 Å². The zero-order valence-electron chi connectivity index (χ0n) is 23.5. The van der Waals surface area contributed by atoms with Gasteiger partial charge in [-0.2, -0.15) is 4.98 Å². The van der Waals surface area contributed by atoms with E-state index < -0.39 is 16.4 Å². The molecule has 12 heteroatoms. The van der Waals surface area contributed by atoms with Crippen LogP contribution in [0.25, 0.3) is 0 Å². The molecule has 3 heterocycles. The fourth-order valence-corrected chi connectivity index (χ4v) is 6.42. The van der Waals surface area contributed by atoms with E-state index in [0.29, 0.717) is 41.9 Å². The van der Waals surface area contributed by atoms with Crippen LogP contribution in [0, 0.1) is 11.2 Å². The highest BCUT2D eigenvalue weighted by atomic mass is 32.2. The van der Waals surface area contributed by atoms with E-state index in [0.717, 1.165) is 24.1 Å². The maximum atomic E-state index is 13.7. The Hall–Kier alpha value is -4.26. The number of hydrogen-bond acceptors (Lipinski definition) is 7. The van der Waals surface area contributed by atoms with E-state index in [1.807, 2.05) is 40.7 Å². The maximum Gasteiger partial charge on any atom is 0.229 e. The summed E-state index contributed by atoms with van der Waals surface area (Å²) in [4.78, 5) is 28.7. The molecule has 220 valence electrons. The SMILES string of the molecule is CN(C)C(=O)C1(Cc2cccnc2)CCCN(S(=O)c2ccc(Nc3nccc(Nc4ccc(F)cc4)n3)cc2)C1.O. The van der Waals surface area contributed by atoms with E-state index in [-0.39, 0.29) is 17.2 Å². The standard InChI is InChI=1S/C30H32FN7O2S.H2O/c1-37(2)28(39)30(19-22-5-3-16-32-20-22)15-4-18-38(21-30)41(40)26-12-10-25(11-13-26)35-29-33-17-14-27(36-29)34-24-8-6-23(31)7-9-24;/h3,5-14,16-17,20H,4,15,18-19,21H2,1-2H3,(H2,33,34,35,36);1H2. The number of hydrogen-bond donors (Lipinski definition) is 2. The van der Waals surface area contributed by atoms with Crippen molar-refractivity contribution in [3.05, 3.63) is 96.7 Å². The van der Waals surface area contributed by atoms with Gasteiger partial charge in [0.25, 0.3) is 0 Å². The van der Waals surface area contributed by atoms with Crippen molar-refractivity contribution in [3.63, 3.8) is 0 Å². The van der Waals surface area contributed by atoms with Crippen LogP contribution >= 0.6 is 0 Å². The largest absolute Gasteiger partial charge is 0.412 e. The smallest absolute Gasteiger partial charge is 0.229 e. The number of anilines is 4. The molecule has 1 aliphatic rings. The minimum atomic E-state index is -1.44. The van der Waals surface area contributed by atoms with Crippen LogP contribution in [-0.2, 0) is 22.2 Å². The van der Waals surface area contributed by atoms with Crippen molar-refractivity contribution in [2.45, 2.75) is 24.2 Å². The first-order valence-corrected chi connectivity index (χ1v) is 14.4. The van der Waals surface area contributed by atoms with Crippen LogP contribution in [0.2, 0.25) is 0 Å². The molecule has 2 aromatic heterocycles. The Morgan fingerprint density at radius 2 is 1.74 bits per heavy atom. The number of nitrogens with zero attached hydrogens (tertiary/aromatic N) is 5. The van der Waals surface area contributed by atoms with Crippen molar-refractivity contribution in [2.24, 2.45) is 5.41 Å².